The fourth-order valence-electron chi connectivity index (χ4n) is 2.97. The van der Waals surface area contributed by atoms with E-state index in [-0.39, 0.29) is 12.0 Å². The summed E-state index contributed by atoms with van der Waals surface area (Å²) in [6.07, 6.45) is 0.344. The van der Waals surface area contributed by atoms with E-state index >= 15 is 0 Å². The summed E-state index contributed by atoms with van der Waals surface area (Å²) in [7, 11) is 1.62. The van der Waals surface area contributed by atoms with Gasteiger partial charge in [0, 0.05) is 38.8 Å². The van der Waals surface area contributed by atoms with E-state index in [1.165, 1.54) is 4.57 Å². The van der Waals surface area contributed by atoms with Crippen LogP contribution in [0.2, 0.25) is 0 Å². The van der Waals surface area contributed by atoms with Crippen LogP contribution in [-0.4, -0.2) is 59.2 Å². The number of aromatic nitrogens is 1. The second kappa shape index (κ2) is 7.00. The summed E-state index contributed by atoms with van der Waals surface area (Å²) in [5.74, 6) is -0.599. The van der Waals surface area contributed by atoms with Crippen LogP contribution >= 0.6 is 0 Å². The number of hydrogen-bond donors (Lipinski definition) is 0. The molecule has 8 heteroatoms. The highest BCUT2D eigenvalue weighted by Gasteiger charge is 2.24. The van der Waals surface area contributed by atoms with Crippen molar-refractivity contribution in [3.8, 4) is 0 Å². The molecule has 2 amide bonds. The monoisotopic (exact) mass is 347 g/mol. The zero-order valence-electron chi connectivity index (χ0n) is 14.4. The van der Waals surface area contributed by atoms with Crippen molar-refractivity contribution < 1.29 is 18.7 Å². The van der Waals surface area contributed by atoms with E-state index < -0.39 is 5.76 Å². The standard InChI is InChI=1S/C17H21N3O5/c1-3-24-17(23)20-8-4-7-19(9-10-20)15(21)12-5-6-13-14(11-12)25-16(22)18(13)2/h5-6,11H,3-4,7-10H2,1-2H3. The molecule has 1 aliphatic heterocycles. The van der Waals surface area contributed by atoms with Gasteiger partial charge in [-0.25, -0.2) is 9.59 Å². The minimum Gasteiger partial charge on any atom is -0.450 e. The van der Waals surface area contributed by atoms with Crippen molar-refractivity contribution in [2.45, 2.75) is 13.3 Å². The molecule has 2 aromatic rings. The Morgan fingerprint density at radius 1 is 1.16 bits per heavy atom. The van der Waals surface area contributed by atoms with E-state index in [4.69, 9.17) is 9.15 Å². The molecular formula is C17H21N3O5. The molecule has 1 aromatic carbocycles. The van der Waals surface area contributed by atoms with Gasteiger partial charge in [0.1, 0.15) is 0 Å². The summed E-state index contributed by atoms with van der Waals surface area (Å²) in [5.41, 5.74) is 1.50. The van der Waals surface area contributed by atoms with Crippen LogP contribution < -0.4 is 5.76 Å². The lowest BCUT2D eigenvalue weighted by Crippen LogP contribution is -2.37. The first-order chi connectivity index (χ1) is 12.0. The van der Waals surface area contributed by atoms with Gasteiger partial charge in [0.2, 0.25) is 0 Å². The van der Waals surface area contributed by atoms with Crippen molar-refractivity contribution in [3.05, 3.63) is 34.3 Å². The SMILES string of the molecule is CCOC(=O)N1CCCN(C(=O)c2ccc3c(c2)oc(=O)n3C)CC1. The van der Waals surface area contributed by atoms with Gasteiger partial charge in [-0.3, -0.25) is 9.36 Å². The number of hydrogen-bond acceptors (Lipinski definition) is 5. The van der Waals surface area contributed by atoms with Gasteiger partial charge in [0.05, 0.1) is 12.1 Å². The molecule has 0 unspecified atom stereocenters. The van der Waals surface area contributed by atoms with Crippen LogP contribution in [0.4, 0.5) is 4.79 Å². The first kappa shape index (κ1) is 17.1. The lowest BCUT2D eigenvalue weighted by atomic mass is 10.1. The molecule has 1 aliphatic rings. The summed E-state index contributed by atoms with van der Waals surface area (Å²) < 4.78 is 11.6. The third-order valence-electron chi connectivity index (χ3n) is 4.35. The van der Waals surface area contributed by atoms with E-state index in [0.29, 0.717) is 55.9 Å². The predicted octanol–water partition coefficient (Wildman–Crippen LogP) is 1.44. The molecular weight excluding hydrogens is 326 g/mol. The molecule has 25 heavy (non-hydrogen) atoms. The maximum absolute atomic E-state index is 12.8. The number of ether oxygens (including phenoxy) is 1. The normalized spacial score (nSPS) is 15.3. The molecule has 0 atom stereocenters. The molecule has 0 N–H and O–H groups in total. The number of carbonyl (C=O) groups excluding carboxylic acids is 2. The molecule has 0 radical (unpaired) electrons. The summed E-state index contributed by atoms with van der Waals surface area (Å²) >= 11 is 0. The number of nitrogens with zero attached hydrogens (tertiary/aromatic N) is 3. The number of fused-ring (bicyclic) bond motifs is 1. The number of amides is 2. The molecule has 1 saturated heterocycles. The number of benzene rings is 1. The molecule has 3 rings (SSSR count). The van der Waals surface area contributed by atoms with Gasteiger partial charge in [-0.2, -0.15) is 0 Å². The van der Waals surface area contributed by atoms with Crippen molar-refractivity contribution in [1.29, 1.82) is 0 Å². The largest absolute Gasteiger partial charge is 0.450 e. The van der Waals surface area contributed by atoms with E-state index in [2.05, 4.69) is 0 Å². The summed E-state index contributed by atoms with van der Waals surface area (Å²) in [5, 5.41) is 0. The second-order valence-corrected chi connectivity index (χ2v) is 5.94. The smallest absolute Gasteiger partial charge is 0.419 e. The van der Waals surface area contributed by atoms with Gasteiger partial charge in [-0.15, -0.1) is 0 Å². The van der Waals surface area contributed by atoms with Gasteiger partial charge >= 0.3 is 11.8 Å². The van der Waals surface area contributed by atoms with Crippen LogP contribution in [0.1, 0.15) is 23.7 Å². The Bertz CT molecular complexity index is 854. The number of aryl methyl sites for hydroxylation is 1. The second-order valence-electron chi connectivity index (χ2n) is 5.94. The van der Waals surface area contributed by atoms with Crippen molar-refractivity contribution in [2.24, 2.45) is 7.05 Å². The van der Waals surface area contributed by atoms with Crippen LogP contribution in [0.15, 0.2) is 27.4 Å². The summed E-state index contributed by atoms with van der Waals surface area (Å²) in [6.45, 7) is 4.10. The van der Waals surface area contributed by atoms with Crippen LogP contribution in [-0.2, 0) is 11.8 Å². The lowest BCUT2D eigenvalue weighted by molar-refractivity contribution is 0.0753. The Balaban J connectivity index is 1.74. The van der Waals surface area contributed by atoms with Gasteiger partial charge < -0.3 is 19.0 Å². The highest BCUT2D eigenvalue weighted by Crippen LogP contribution is 2.17. The lowest BCUT2D eigenvalue weighted by Gasteiger charge is -2.21. The molecule has 0 bridgehead atoms. The molecule has 1 fully saturated rings. The average molecular weight is 347 g/mol. The fourth-order valence-corrected chi connectivity index (χ4v) is 2.97. The Morgan fingerprint density at radius 3 is 2.64 bits per heavy atom. The van der Waals surface area contributed by atoms with Crippen LogP contribution in [0.3, 0.4) is 0 Å². The van der Waals surface area contributed by atoms with Crippen molar-refractivity contribution in [3.63, 3.8) is 0 Å². The maximum Gasteiger partial charge on any atom is 0.419 e. The summed E-state index contributed by atoms with van der Waals surface area (Å²) in [4.78, 5) is 39.5. The molecule has 0 aliphatic carbocycles. The van der Waals surface area contributed by atoms with E-state index in [9.17, 15) is 14.4 Å². The van der Waals surface area contributed by atoms with E-state index in [1.807, 2.05) is 0 Å². The number of rotatable bonds is 2. The molecule has 2 heterocycles. The van der Waals surface area contributed by atoms with Crippen molar-refractivity contribution in [2.75, 3.05) is 32.8 Å². The molecule has 134 valence electrons. The fraction of sp³-hybridized carbons (Fsp3) is 0.471. The topological polar surface area (TPSA) is 85.0 Å². The third-order valence-corrected chi connectivity index (χ3v) is 4.35. The van der Waals surface area contributed by atoms with Crippen molar-refractivity contribution in [1.82, 2.24) is 14.4 Å². The Hall–Kier alpha value is -2.77. The van der Waals surface area contributed by atoms with E-state index in [1.54, 1.807) is 42.0 Å². The van der Waals surface area contributed by atoms with Gasteiger partial charge in [-0.1, -0.05) is 0 Å². The van der Waals surface area contributed by atoms with Crippen LogP contribution in [0.5, 0.6) is 0 Å². The Morgan fingerprint density at radius 2 is 1.88 bits per heavy atom. The first-order valence-electron chi connectivity index (χ1n) is 8.32. The van der Waals surface area contributed by atoms with Crippen molar-refractivity contribution >= 4 is 23.1 Å². The van der Waals surface area contributed by atoms with Gasteiger partial charge in [0.25, 0.3) is 5.91 Å². The van der Waals surface area contributed by atoms with Gasteiger partial charge in [0.15, 0.2) is 5.58 Å². The quantitative estimate of drug-likeness (QED) is 0.820. The highest BCUT2D eigenvalue weighted by molar-refractivity contribution is 5.97. The predicted molar refractivity (Wildman–Crippen MR) is 90.6 cm³/mol. The average Bonchev–Trinajstić information content (AvgIpc) is 2.79. The molecule has 0 spiro atoms. The minimum absolute atomic E-state index is 0.140. The number of carbonyl (C=O) groups is 2. The van der Waals surface area contributed by atoms with E-state index in [0.717, 1.165) is 0 Å². The van der Waals surface area contributed by atoms with Gasteiger partial charge in [-0.05, 0) is 31.5 Å². The van der Waals surface area contributed by atoms with Crippen LogP contribution in [0, 0.1) is 0 Å². The maximum atomic E-state index is 12.8. The first-order valence-corrected chi connectivity index (χ1v) is 8.32. The third kappa shape index (κ3) is 3.38. The zero-order valence-corrected chi connectivity index (χ0v) is 14.4. The highest BCUT2D eigenvalue weighted by atomic mass is 16.6. The zero-order chi connectivity index (χ0) is 18.0. The Labute approximate surface area is 144 Å². The molecule has 0 saturated carbocycles. The number of oxazole rings is 1. The minimum atomic E-state index is -0.459. The molecule has 8 nitrogen and oxygen atoms in total. The molecule has 1 aromatic heterocycles. The summed E-state index contributed by atoms with van der Waals surface area (Å²) in [6, 6.07) is 4.98. The van der Waals surface area contributed by atoms with Crippen LogP contribution in [0.25, 0.3) is 11.1 Å². The Kier molecular flexibility index (Phi) is 4.78.